The highest BCUT2D eigenvalue weighted by atomic mass is 32.2. The van der Waals surface area contributed by atoms with Crippen LogP contribution in [0.5, 0.6) is 0 Å². The predicted molar refractivity (Wildman–Crippen MR) is 70.7 cm³/mol. The average Bonchev–Trinajstić information content (AvgIpc) is 2.24. The molecule has 0 aliphatic rings. The molecule has 2 atom stereocenters. The van der Waals surface area contributed by atoms with Gasteiger partial charge >= 0.3 is 0 Å². The zero-order chi connectivity index (χ0) is 12.8. The fourth-order valence-electron chi connectivity index (χ4n) is 0.961. The number of aliphatic hydroxyl groups excluding tert-OH is 1. The van der Waals surface area contributed by atoms with E-state index >= 15 is 0 Å². The van der Waals surface area contributed by atoms with Crippen molar-refractivity contribution in [1.29, 1.82) is 0 Å². The van der Waals surface area contributed by atoms with Crippen molar-refractivity contribution < 1.29 is 9.90 Å². The topological polar surface area (TPSA) is 49.3 Å². The lowest BCUT2D eigenvalue weighted by Crippen LogP contribution is -2.46. The first-order valence-corrected chi connectivity index (χ1v) is 6.91. The van der Waals surface area contributed by atoms with Gasteiger partial charge in [-0.3, -0.25) is 4.79 Å². The normalized spacial score (nSPS) is 15.6. The number of thioether (sulfide) groups is 1. The maximum Gasteiger partial charge on any atom is 0.233 e. The molecule has 2 unspecified atom stereocenters. The molecule has 3 nitrogen and oxygen atoms in total. The Morgan fingerprint density at radius 1 is 1.44 bits per heavy atom. The quantitative estimate of drug-likeness (QED) is 0.724. The first kappa shape index (κ1) is 15.8. The van der Waals surface area contributed by atoms with Crippen LogP contribution in [0.15, 0.2) is 0 Å². The van der Waals surface area contributed by atoms with Crippen LogP contribution in [-0.4, -0.2) is 34.2 Å². The van der Waals surface area contributed by atoms with E-state index < -0.39 is 0 Å². The lowest BCUT2D eigenvalue weighted by atomic mass is 10.0. The second-order valence-corrected chi connectivity index (χ2v) is 6.36. The molecule has 0 saturated carbocycles. The third kappa shape index (κ3) is 6.38. The summed E-state index contributed by atoms with van der Waals surface area (Å²) in [5.74, 6) is 1.15. The lowest BCUT2D eigenvalue weighted by molar-refractivity contribution is -0.121. The van der Waals surface area contributed by atoms with E-state index in [-0.39, 0.29) is 29.2 Å². The van der Waals surface area contributed by atoms with Crippen LogP contribution in [0.3, 0.4) is 0 Å². The Balaban J connectivity index is 4.00. The Morgan fingerprint density at radius 3 is 2.44 bits per heavy atom. The van der Waals surface area contributed by atoms with Gasteiger partial charge < -0.3 is 10.4 Å². The third-order valence-electron chi connectivity index (χ3n) is 2.66. The van der Waals surface area contributed by atoms with E-state index in [2.05, 4.69) is 12.2 Å². The zero-order valence-corrected chi connectivity index (χ0v) is 11.9. The van der Waals surface area contributed by atoms with Crippen LogP contribution in [0.2, 0.25) is 0 Å². The number of hydrogen-bond donors (Lipinski definition) is 2. The maximum atomic E-state index is 11.8. The van der Waals surface area contributed by atoms with Gasteiger partial charge in [-0.2, -0.15) is 0 Å². The van der Waals surface area contributed by atoms with Crippen molar-refractivity contribution in [2.24, 2.45) is 5.92 Å². The van der Waals surface area contributed by atoms with Crippen LogP contribution in [0.25, 0.3) is 0 Å². The van der Waals surface area contributed by atoms with Crippen molar-refractivity contribution in [3.05, 3.63) is 0 Å². The summed E-state index contributed by atoms with van der Waals surface area (Å²) >= 11 is 1.60. The number of carbonyl (C=O) groups excluding carboxylic acids is 1. The van der Waals surface area contributed by atoms with E-state index in [1.807, 2.05) is 27.7 Å². The van der Waals surface area contributed by atoms with E-state index in [4.69, 9.17) is 5.11 Å². The number of aliphatic hydroxyl groups is 1. The molecule has 4 heteroatoms. The Labute approximate surface area is 103 Å². The van der Waals surface area contributed by atoms with Crippen molar-refractivity contribution in [3.8, 4) is 0 Å². The molecule has 2 N–H and O–H groups in total. The minimum absolute atomic E-state index is 0.0557. The molecule has 0 aliphatic carbocycles. The molecule has 0 spiro atoms. The highest BCUT2D eigenvalue weighted by molar-refractivity contribution is 8.00. The largest absolute Gasteiger partial charge is 0.396 e. The van der Waals surface area contributed by atoms with E-state index in [1.54, 1.807) is 11.8 Å². The number of hydrogen-bond acceptors (Lipinski definition) is 3. The summed E-state index contributed by atoms with van der Waals surface area (Å²) in [6.07, 6.45) is 0.920. The summed E-state index contributed by atoms with van der Waals surface area (Å²) in [5, 5.41) is 11.9. The molecule has 0 radical (unpaired) electrons. The average molecular weight is 247 g/mol. The molecular weight excluding hydrogens is 222 g/mol. The zero-order valence-electron chi connectivity index (χ0n) is 11.0. The van der Waals surface area contributed by atoms with Gasteiger partial charge in [0, 0.05) is 12.1 Å². The van der Waals surface area contributed by atoms with Gasteiger partial charge in [0.1, 0.15) is 0 Å². The summed E-state index contributed by atoms with van der Waals surface area (Å²) in [6, 6.07) is 0. The number of rotatable bonds is 7. The van der Waals surface area contributed by atoms with Crippen molar-refractivity contribution in [1.82, 2.24) is 5.32 Å². The SMILES string of the molecule is CCC(C)(C)NC(=O)C(C)SCC(C)CO. The molecule has 96 valence electrons. The van der Waals surface area contributed by atoms with Crippen molar-refractivity contribution >= 4 is 17.7 Å². The van der Waals surface area contributed by atoms with Crippen molar-refractivity contribution in [2.45, 2.75) is 51.8 Å². The Kier molecular flexibility index (Phi) is 7.07. The Morgan fingerprint density at radius 2 is 2.00 bits per heavy atom. The number of carbonyl (C=O) groups is 1. The first-order valence-electron chi connectivity index (χ1n) is 5.87. The van der Waals surface area contributed by atoms with Gasteiger partial charge in [0.2, 0.25) is 5.91 Å². The third-order valence-corrected chi connectivity index (χ3v) is 4.13. The van der Waals surface area contributed by atoms with Crippen LogP contribution >= 0.6 is 11.8 Å². The van der Waals surface area contributed by atoms with Gasteiger partial charge in [0.05, 0.1) is 5.25 Å². The van der Waals surface area contributed by atoms with Gasteiger partial charge in [-0.05, 0) is 38.9 Å². The van der Waals surface area contributed by atoms with Gasteiger partial charge in [-0.1, -0.05) is 13.8 Å². The predicted octanol–water partition coefficient (Wildman–Crippen LogP) is 2.04. The molecule has 0 aromatic rings. The second-order valence-electron chi connectivity index (χ2n) is 4.99. The van der Waals surface area contributed by atoms with Crippen molar-refractivity contribution in [3.63, 3.8) is 0 Å². The minimum Gasteiger partial charge on any atom is -0.396 e. The van der Waals surface area contributed by atoms with Crippen LogP contribution < -0.4 is 5.32 Å². The second kappa shape index (κ2) is 7.17. The highest BCUT2D eigenvalue weighted by Crippen LogP contribution is 2.16. The molecule has 0 fully saturated rings. The Bertz CT molecular complexity index is 219. The van der Waals surface area contributed by atoms with Gasteiger partial charge in [-0.15, -0.1) is 11.8 Å². The Hall–Kier alpha value is -0.220. The smallest absolute Gasteiger partial charge is 0.233 e. The molecule has 0 heterocycles. The van der Waals surface area contributed by atoms with E-state index in [1.165, 1.54) is 0 Å². The van der Waals surface area contributed by atoms with Gasteiger partial charge in [-0.25, -0.2) is 0 Å². The summed E-state index contributed by atoms with van der Waals surface area (Å²) in [6.45, 7) is 10.2. The summed E-state index contributed by atoms with van der Waals surface area (Å²) in [4.78, 5) is 11.8. The standard InChI is InChI=1S/C12H25NO2S/c1-6-12(4,5)13-11(15)10(3)16-8-9(2)7-14/h9-10,14H,6-8H2,1-5H3,(H,13,15). The van der Waals surface area contributed by atoms with Crippen LogP contribution in [-0.2, 0) is 4.79 Å². The number of nitrogens with one attached hydrogen (secondary N) is 1. The van der Waals surface area contributed by atoms with Gasteiger partial charge in [0.25, 0.3) is 0 Å². The van der Waals surface area contributed by atoms with E-state index in [0.29, 0.717) is 0 Å². The minimum atomic E-state index is -0.130. The number of amides is 1. The molecule has 0 aromatic carbocycles. The van der Waals surface area contributed by atoms with Crippen molar-refractivity contribution in [2.75, 3.05) is 12.4 Å². The molecule has 0 bridgehead atoms. The van der Waals surface area contributed by atoms with Crippen LogP contribution in [0.1, 0.15) is 41.0 Å². The summed E-state index contributed by atoms with van der Waals surface area (Å²) < 4.78 is 0. The maximum absolute atomic E-state index is 11.8. The highest BCUT2D eigenvalue weighted by Gasteiger charge is 2.22. The molecule has 1 amide bonds. The fraction of sp³-hybridized carbons (Fsp3) is 0.917. The summed E-state index contributed by atoms with van der Waals surface area (Å²) in [5.41, 5.74) is -0.130. The van der Waals surface area contributed by atoms with Crippen LogP contribution in [0.4, 0.5) is 0 Å². The molecule has 0 saturated heterocycles. The molecule has 0 aliphatic heterocycles. The molecule has 16 heavy (non-hydrogen) atoms. The summed E-state index contributed by atoms with van der Waals surface area (Å²) in [7, 11) is 0. The van der Waals surface area contributed by atoms with E-state index in [9.17, 15) is 4.79 Å². The lowest BCUT2D eigenvalue weighted by Gasteiger charge is -2.26. The fourth-order valence-corrected chi connectivity index (χ4v) is 1.89. The molecule has 0 rings (SSSR count). The first-order chi connectivity index (χ1) is 7.32. The monoisotopic (exact) mass is 247 g/mol. The molecule has 0 aromatic heterocycles. The van der Waals surface area contributed by atoms with Crippen LogP contribution in [0, 0.1) is 5.92 Å². The molecular formula is C12H25NO2S. The van der Waals surface area contributed by atoms with E-state index in [0.717, 1.165) is 12.2 Å². The van der Waals surface area contributed by atoms with Gasteiger partial charge in [0.15, 0.2) is 0 Å².